The van der Waals surface area contributed by atoms with Gasteiger partial charge < -0.3 is 9.84 Å². The molecule has 0 aliphatic rings. The van der Waals surface area contributed by atoms with Crippen molar-refractivity contribution in [3.63, 3.8) is 0 Å². The lowest BCUT2D eigenvalue weighted by Crippen LogP contribution is -2.14. The topological polar surface area (TPSA) is 55.1 Å². The molecule has 1 aromatic heterocycles. The Morgan fingerprint density at radius 1 is 1.12 bits per heavy atom. The van der Waals surface area contributed by atoms with Gasteiger partial charge in [0, 0.05) is 11.3 Å². The first-order valence-corrected chi connectivity index (χ1v) is 7.95. The second-order valence-electron chi connectivity index (χ2n) is 5.71. The minimum atomic E-state index is -0.266. The molecule has 1 amide bonds. The fraction of sp³-hybridized carbons (Fsp3) is 0.158. The van der Waals surface area contributed by atoms with Gasteiger partial charge in [0.25, 0.3) is 5.91 Å². The number of carbonyl (C=O) groups excluding carboxylic acids is 1. The van der Waals surface area contributed by atoms with E-state index in [1.165, 1.54) is 0 Å². The van der Waals surface area contributed by atoms with Gasteiger partial charge >= 0.3 is 0 Å². The molecule has 24 heavy (non-hydrogen) atoms. The Kier molecular flexibility index (Phi) is 4.40. The summed E-state index contributed by atoms with van der Waals surface area (Å²) in [6, 6.07) is 13.2. The molecule has 0 unspecified atom stereocenters. The summed E-state index contributed by atoms with van der Waals surface area (Å²) in [5.41, 5.74) is 4.34. The molecule has 3 rings (SSSR count). The second-order valence-corrected chi connectivity index (χ2v) is 6.12. The molecule has 1 heterocycles. The van der Waals surface area contributed by atoms with E-state index < -0.39 is 0 Å². The van der Waals surface area contributed by atoms with Crippen molar-refractivity contribution in [2.45, 2.75) is 20.8 Å². The molecule has 0 saturated heterocycles. The van der Waals surface area contributed by atoms with Crippen LogP contribution in [-0.2, 0) is 0 Å². The minimum absolute atomic E-state index is 0.266. The molecular weight excluding hydrogens is 324 g/mol. The van der Waals surface area contributed by atoms with E-state index in [4.69, 9.17) is 16.1 Å². The SMILES string of the molecule is Cc1ccc(C)c(NC(=O)c2c(-c3ccccc3Cl)noc2C)c1. The number of amides is 1. The summed E-state index contributed by atoms with van der Waals surface area (Å²) in [6.07, 6.45) is 0. The minimum Gasteiger partial charge on any atom is -0.360 e. The third kappa shape index (κ3) is 3.05. The van der Waals surface area contributed by atoms with Gasteiger partial charge in [-0.25, -0.2) is 0 Å². The maximum Gasteiger partial charge on any atom is 0.261 e. The second kappa shape index (κ2) is 6.49. The highest BCUT2D eigenvalue weighted by Crippen LogP contribution is 2.31. The van der Waals surface area contributed by atoms with Crippen LogP contribution in [0.2, 0.25) is 5.02 Å². The van der Waals surface area contributed by atoms with Gasteiger partial charge in [0.05, 0.1) is 5.02 Å². The monoisotopic (exact) mass is 340 g/mol. The van der Waals surface area contributed by atoms with Gasteiger partial charge in [-0.15, -0.1) is 0 Å². The molecule has 0 spiro atoms. The van der Waals surface area contributed by atoms with Crippen LogP contribution < -0.4 is 5.32 Å². The Morgan fingerprint density at radius 3 is 2.62 bits per heavy atom. The van der Waals surface area contributed by atoms with E-state index in [0.717, 1.165) is 16.8 Å². The van der Waals surface area contributed by atoms with Crippen molar-refractivity contribution >= 4 is 23.2 Å². The van der Waals surface area contributed by atoms with Crippen LogP contribution in [0.15, 0.2) is 47.0 Å². The molecule has 0 atom stereocenters. The molecule has 0 radical (unpaired) electrons. The summed E-state index contributed by atoms with van der Waals surface area (Å²) < 4.78 is 5.25. The smallest absolute Gasteiger partial charge is 0.261 e. The van der Waals surface area contributed by atoms with Crippen molar-refractivity contribution in [2.75, 3.05) is 5.32 Å². The van der Waals surface area contributed by atoms with Crippen LogP contribution in [0.1, 0.15) is 27.2 Å². The molecule has 1 N–H and O–H groups in total. The summed E-state index contributed by atoms with van der Waals surface area (Å²) in [4.78, 5) is 12.8. The van der Waals surface area contributed by atoms with Gasteiger partial charge in [-0.1, -0.05) is 47.1 Å². The Labute approximate surface area is 145 Å². The molecule has 0 saturated carbocycles. The zero-order valence-electron chi connectivity index (χ0n) is 13.7. The number of aryl methyl sites for hydroxylation is 3. The van der Waals surface area contributed by atoms with Crippen LogP contribution in [0.4, 0.5) is 5.69 Å². The normalized spacial score (nSPS) is 10.7. The molecule has 0 aliphatic carbocycles. The van der Waals surface area contributed by atoms with Crippen molar-refractivity contribution in [1.29, 1.82) is 0 Å². The maximum absolute atomic E-state index is 12.8. The van der Waals surface area contributed by atoms with Crippen molar-refractivity contribution in [1.82, 2.24) is 5.16 Å². The fourth-order valence-corrected chi connectivity index (χ4v) is 2.76. The van der Waals surface area contributed by atoms with Crippen LogP contribution >= 0.6 is 11.6 Å². The van der Waals surface area contributed by atoms with E-state index in [1.54, 1.807) is 13.0 Å². The number of nitrogens with one attached hydrogen (secondary N) is 1. The zero-order valence-corrected chi connectivity index (χ0v) is 14.4. The number of hydrogen-bond acceptors (Lipinski definition) is 3. The van der Waals surface area contributed by atoms with E-state index in [1.807, 2.05) is 50.2 Å². The highest BCUT2D eigenvalue weighted by molar-refractivity contribution is 6.33. The molecule has 5 heteroatoms. The van der Waals surface area contributed by atoms with Gasteiger partial charge in [-0.3, -0.25) is 4.79 Å². The van der Waals surface area contributed by atoms with Crippen LogP contribution in [0.3, 0.4) is 0 Å². The van der Waals surface area contributed by atoms with E-state index in [-0.39, 0.29) is 5.91 Å². The Bertz CT molecular complexity index is 915. The van der Waals surface area contributed by atoms with Crippen molar-refractivity contribution < 1.29 is 9.32 Å². The summed E-state index contributed by atoms with van der Waals surface area (Å²) in [6.45, 7) is 5.64. The van der Waals surface area contributed by atoms with E-state index in [0.29, 0.717) is 27.6 Å². The number of carbonyl (C=O) groups is 1. The van der Waals surface area contributed by atoms with E-state index >= 15 is 0 Å². The first-order valence-electron chi connectivity index (χ1n) is 7.57. The Balaban J connectivity index is 2.01. The Hall–Kier alpha value is -2.59. The average Bonchev–Trinajstić information content (AvgIpc) is 2.93. The lowest BCUT2D eigenvalue weighted by Gasteiger charge is -2.10. The van der Waals surface area contributed by atoms with Crippen LogP contribution in [0.5, 0.6) is 0 Å². The lowest BCUT2D eigenvalue weighted by atomic mass is 10.0. The van der Waals surface area contributed by atoms with Gasteiger partial charge in [0.15, 0.2) is 0 Å². The van der Waals surface area contributed by atoms with Gasteiger partial charge in [-0.05, 0) is 44.0 Å². The molecule has 4 nitrogen and oxygen atoms in total. The molecule has 0 fully saturated rings. The van der Waals surface area contributed by atoms with Gasteiger partial charge in [-0.2, -0.15) is 0 Å². The predicted octanol–water partition coefficient (Wildman–Crippen LogP) is 5.17. The molecular formula is C19H17ClN2O2. The lowest BCUT2D eigenvalue weighted by molar-refractivity contribution is 0.102. The van der Waals surface area contributed by atoms with E-state index in [9.17, 15) is 4.79 Å². The highest BCUT2D eigenvalue weighted by atomic mass is 35.5. The van der Waals surface area contributed by atoms with Crippen LogP contribution in [0, 0.1) is 20.8 Å². The maximum atomic E-state index is 12.8. The number of halogens is 1. The van der Waals surface area contributed by atoms with E-state index in [2.05, 4.69) is 10.5 Å². The largest absolute Gasteiger partial charge is 0.360 e. The third-order valence-corrected chi connectivity index (χ3v) is 4.19. The first kappa shape index (κ1) is 16.3. The summed E-state index contributed by atoms with van der Waals surface area (Å²) in [5.74, 6) is 0.185. The molecule has 2 aromatic carbocycles. The van der Waals surface area contributed by atoms with Crippen LogP contribution in [0.25, 0.3) is 11.3 Å². The fourth-order valence-electron chi connectivity index (χ4n) is 2.53. The molecule has 122 valence electrons. The first-order chi connectivity index (χ1) is 11.5. The Morgan fingerprint density at radius 2 is 1.88 bits per heavy atom. The summed E-state index contributed by atoms with van der Waals surface area (Å²) in [5, 5.41) is 7.49. The van der Waals surface area contributed by atoms with Crippen molar-refractivity contribution in [2.24, 2.45) is 0 Å². The van der Waals surface area contributed by atoms with Crippen molar-refractivity contribution in [3.8, 4) is 11.3 Å². The predicted molar refractivity (Wildman–Crippen MR) is 95.6 cm³/mol. The number of anilines is 1. The summed E-state index contributed by atoms with van der Waals surface area (Å²) >= 11 is 6.24. The number of nitrogens with zero attached hydrogens (tertiary/aromatic N) is 1. The average molecular weight is 341 g/mol. The van der Waals surface area contributed by atoms with Gasteiger partial charge in [0.1, 0.15) is 17.0 Å². The highest BCUT2D eigenvalue weighted by Gasteiger charge is 2.23. The molecule has 3 aromatic rings. The standard InChI is InChI=1S/C19H17ClN2O2/c1-11-8-9-12(2)16(10-11)21-19(23)17-13(3)24-22-18(17)14-6-4-5-7-15(14)20/h4-10H,1-3H3,(H,21,23). The zero-order chi connectivity index (χ0) is 17.3. The van der Waals surface area contributed by atoms with Crippen LogP contribution in [-0.4, -0.2) is 11.1 Å². The molecule has 0 aliphatic heterocycles. The van der Waals surface area contributed by atoms with Crippen molar-refractivity contribution in [3.05, 3.63) is 69.9 Å². The van der Waals surface area contributed by atoms with Gasteiger partial charge in [0.2, 0.25) is 0 Å². The summed E-state index contributed by atoms with van der Waals surface area (Å²) in [7, 11) is 0. The number of hydrogen-bond donors (Lipinski definition) is 1. The quantitative estimate of drug-likeness (QED) is 0.715. The number of aromatic nitrogens is 1. The number of rotatable bonds is 3. The number of benzene rings is 2. The molecule has 0 bridgehead atoms. The third-order valence-electron chi connectivity index (χ3n) is 3.86.